The standard InChI is InChI=1S/C4H7F2NOS/c1-3(8-2)4(5,6)9-7/h1,7H2,2H3. The zero-order chi connectivity index (χ0) is 7.49. The van der Waals surface area contributed by atoms with E-state index in [1.807, 2.05) is 0 Å². The molecule has 0 aromatic heterocycles. The molecule has 0 radical (unpaired) electrons. The third-order valence-corrected chi connectivity index (χ3v) is 1.24. The van der Waals surface area contributed by atoms with Crippen LogP contribution >= 0.6 is 11.9 Å². The maximum Gasteiger partial charge on any atom is 0.362 e. The van der Waals surface area contributed by atoms with Crippen LogP contribution in [-0.2, 0) is 4.74 Å². The third kappa shape index (κ3) is 2.19. The molecule has 0 saturated carbocycles. The van der Waals surface area contributed by atoms with E-state index in [0.29, 0.717) is 0 Å². The van der Waals surface area contributed by atoms with E-state index < -0.39 is 11.0 Å². The van der Waals surface area contributed by atoms with E-state index in [4.69, 9.17) is 0 Å². The van der Waals surface area contributed by atoms with Crippen molar-refractivity contribution in [1.82, 2.24) is 0 Å². The average Bonchev–Trinajstić information content (AvgIpc) is 1.86. The SMILES string of the molecule is C=C(OC)C(F)(F)SN. The molecule has 0 aromatic carbocycles. The zero-order valence-electron chi connectivity index (χ0n) is 4.86. The number of rotatable bonds is 3. The number of ether oxygens (including phenoxy) is 1. The molecule has 0 bridgehead atoms. The van der Waals surface area contributed by atoms with Crippen molar-refractivity contribution in [2.45, 2.75) is 5.25 Å². The van der Waals surface area contributed by atoms with E-state index >= 15 is 0 Å². The molecule has 0 aliphatic heterocycles. The van der Waals surface area contributed by atoms with Crippen LogP contribution in [0, 0.1) is 0 Å². The van der Waals surface area contributed by atoms with E-state index in [0.717, 1.165) is 7.11 Å². The van der Waals surface area contributed by atoms with Crippen LogP contribution < -0.4 is 5.14 Å². The van der Waals surface area contributed by atoms with Gasteiger partial charge in [-0.15, -0.1) is 0 Å². The minimum absolute atomic E-state index is 0.0981. The van der Waals surface area contributed by atoms with Crippen LogP contribution in [0.5, 0.6) is 0 Å². The third-order valence-electron chi connectivity index (χ3n) is 0.719. The second-order valence-electron chi connectivity index (χ2n) is 1.26. The molecule has 0 aromatic rings. The highest BCUT2D eigenvalue weighted by Crippen LogP contribution is 2.31. The van der Waals surface area contributed by atoms with Gasteiger partial charge in [0.05, 0.1) is 7.11 Å². The predicted molar refractivity (Wildman–Crippen MR) is 32.9 cm³/mol. The van der Waals surface area contributed by atoms with Gasteiger partial charge >= 0.3 is 5.25 Å². The summed E-state index contributed by atoms with van der Waals surface area (Å²) in [6.45, 7) is 2.94. The molecule has 0 saturated heterocycles. The molecule has 0 spiro atoms. The fourth-order valence-corrected chi connectivity index (χ4v) is 0.399. The number of hydrogen-bond donors (Lipinski definition) is 1. The van der Waals surface area contributed by atoms with Gasteiger partial charge in [0, 0.05) is 0 Å². The smallest absolute Gasteiger partial charge is 0.362 e. The lowest BCUT2D eigenvalue weighted by molar-refractivity contribution is 0.0753. The summed E-state index contributed by atoms with van der Waals surface area (Å²) < 4.78 is 28.5. The van der Waals surface area contributed by atoms with Gasteiger partial charge in [-0.05, 0) is 11.9 Å². The van der Waals surface area contributed by atoms with Crippen molar-refractivity contribution < 1.29 is 13.5 Å². The summed E-state index contributed by atoms with van der Waals surface area (Å²) in [4.78, 5) is 0. The van der Waals surface area contributed by atoms with E-state index in [1.54, 1.807) is 0 Å². The van der Waals surface area contributed by atoms with Crippen molar-refractivity contribution in [2.75, 3.05) is 7.11 Å². The Labute approximate surface area is 56.2 Å². The van der Waals surface area contributed by atoms with E-state index in [-0.39, 0.29) is 11.9 Å². The maximum atomic E-state index is 12.2. The normalized spacial score (nSPS) is 11.1. The van der Waals surface area contributed by atoms with E-state index in [2.05, 4.69) is 16.5 Å². The van der Waals surface area contributed by atoms with Crippen molar-refractivity contribution in [1.29, 1.82) is 0 Å². The lowest BCUT2D eigenvalue weighted by atomic mass is 10.6. The van der Waals surface area contributed by atoms with Crippen molar-refractivity contribution in [3.8, 4) is 0 Å². The topological polar surface area (TPSA) is 35.2 Å². The fourth-order valence-electron chi connectivity index (χ4n) is 0.185. The average molecular weight is 155 g/mol. The van der Waals surface area contributed by atoms with Crippen molar-refractivity contribution in [3.63, 3.8) is 0 Å². The van der Waals surface area contributed by atoms with Crippen LogP contribution in [0.3, 0.4) is 0 Å². The van der Waals surface area contributed by atoms with Gasteiger partial charge in [0.15, 0.2) is 5.76 Å². The molecule has 0 aliphatic rings. The maximum absolute atomic E-state index is 12.2. The van der Waals surface area contributed by atoms with Gasteiger partial charge in [-0.3, -0.25) is 5.14 Å². The molecule has 0 rings (SSSR count). The van der Waals surface area contributed by atoms with Crippen LogP contribution in [0.2, 0.25) is 0 Å². The van der Waals surface area contributed by atoms with Gasteiger partial charge in [0.1, 0.15) is 0 Å². The first-order valence-corrected chi connectivity index (χ1v) is 2.91. The number of nitrogens with two attached hydrogens (primary N) is 1. The molecule has 9 heavy (non-hydrogen) atoms. The first-order chi connectivity index (χ1) is 4.04. The zero-order valence-corrected chi connectivity index (χ0v) is 5.67. The predicted octanol–water partition coefficient (Wildman–Crippen LogP) is 1.35. The lowest BCUT2D eigenvalue weighted by Crippen LogP contribution is -2.17. The van der Waals surface area contributed by atoms with Gasteiger partial charge in [0.2, 0.25) is 0 Å². The van der Waals surface area contributed by atoms with Gasteiger partial charge in [0.25, 0.3) is 0 Å². The monoisotopic (exact) mass is 155 g/mol. The van der Waals surface area contributed by atoms with Crippen molar-refractivity contribution in [3.05, 3.63) is 12.3 Å². The van der Waals surface area contributed by atoms with Gasteiger partial charge in [-0.25, -0.2) is 0 Å². The Kier molecular flexibility index (Phi) is 2.93. The molecule has 0 atom stereocenters. The minimum Gasteiger partial charge on any atom is -0.494 e. The first kappa shape index (κ1) is 8.71. The number of methoxy groups -OCH3 is 1. The van der Waals surface area contributed by atoms with Gasteiger partial charge in [-0.2, -0.15) is 8.78 Å². The van der Waals surface area contributed by atoms with E-state index in [1.165, 1.54) is 0 Å². The molecular weight excluding hydrogens is 148 g/mol. The summed E-state index contributed by atoms with van der Waals surface area (Å²) in [6.07, 6.45) is 0. The van der Waals surface area contributed by atoms with Crippen LogP contribution in [0.15, 0.2) is 12.3 Å². The van der Waals surface area contributed by atoms with Crippen molar-refractivity contribution in [2.24, 2.45) is 5.14 Å². The Morgan fingerprint density at radius 3 is 2.33 bits per heavy atom. The van der Waals surface area contributed by atoms with Crippen molar-refractivity contribution >= 4 is 11.9 Å². The summed E-state index contributed by atoms with van der Waals surface area (Å²) >= 11 is -0.0981. The number of alkyl halides is 2. The first-order valence-electron chi connectivity index (χ1n) is 2.03. The van der Waals surface area contributed by atoms with Crippen LogP contribution in [0.1, 0.15) is 0 Å². The molecule has 2 nitrogen and oxygen atoms in total. The molecule has 0 amide bonds. The molecule has 0 aliphatic carbocycles. The molecule has 54 valence electrons. The van der Waals surface area contributed by atoms with E-state index in [9.17, 15) is 8.78 Å². The molecule has 0 heterocycles. The summed E-state index contributed by atoms with van der Waals surface area (Å²) in [6, 6.07) is 0. The van der Waals surface area contributed by atoms with Crippen LogP contribution in [0.4, 0.5) is 8.78 Å². The molecular formula is C4H7F2NOS. The summed E-state index contributed by atoms with van der Waals surface area (Å²) in [7, 11) is 1.12. The highest BCUT2D eigenvalue weighted by molar-refractivity contribution is 7.98. The van der Waals surface area contributed by atoms with Crippen LogP contribution in [-0.4, -0.2) is 12.4 Å². The molecule has 5 heteroatoms. The lowest BCUT2D eigenvalue weighted by Gasteiger charge is -2.13. The van der Waals surface area contributed by atoms with Gasteiger partial charge < -0.3 is 4.74 Å². The second-order valence-corrected chi connectivity index (χ2v) is 2.01. The highest BCUT2D eigenvalue weighted by atomic mass is 32.2. The second kappa shape index (κ2) is 3.03. The Balaban J connectivity index is 3.97. The summed E-state index contributed by atoms with van der Waals surface area (Å²) in [5.41, 5.74) is 0. The van der Waals surface area contributed by atoms with Crippen LogP contribution in [0.25, 0.3) is 0 Å². The largest absolute Gasteiger partial charge is 0.494 e. The molecule has 0 unspecified atom stereocenters. The molecule has 2 N–H and O–H groups in total. The molecule has 0 fully saturated rings. The summed E-state index contributed by atoms with van der Waals surface area (Å²) in [5, 5.41) is 1.44. The Bertz CT molecular complexity index is 117. The van der Waals surface area contributed by atoms with Gasteiger partial charge in [-0.1, -0.05) is 6.58 Å². The summed E-state index contributed by atoms with van der Waals surface area (Å²) in [5.74, 6) is -0.630. The quantitative estimate of drug-likeness (QED) is 0.493. The fraction of sp³-hybridized carbons (Fsp3) is 0.500. The Morgan fingerprint density at radius 2 is 2.22 bits per heavy atom. The number of hydrogen-bond acceptors (Lipinski definition) is 3. The Morgan fingerprint density at radius 1 is 1.78 bits per heavy atom. The minimum atomic E-state index is -3.17. The highest BCUT2D eigenvalue weighted by Gasteiger charge is 2.33. The Hall–Kier alpha value is -0.290. The number of halogens is 2.